The first-order valence-electron chi connectivity index (χ1n) is 7.01. The highest BCUT2D eigenvalue weighted by Crippen LogP contribution is 2.23. The predicted molar refractivity (Wildman–Crippen MR) is 83.9 cm³/mol. The van der Waals surface area contributed by atoms with Crippen molar-refractivity contribution in [3.63, 3.8) is 0 Å². The summed E-state index contributed by atoms with van der Waals surface area (Å²) in [6.45, 7) is 2.28. The van der Waals surface area contributed by atoms with E-state index in [9.17, 15) is 9.59 Å². The molecule has 0 spiro atoms. The molecule has 1 N–H and O–H groups in total. The summed E-state index contributed by atoms with van der Waals surface area (Å²) in [6, 6.07) is 9.88. The number of nitrogens with zero attached hydrogens (tertiary/aromatic N) is 1. The fraction of sp³-hybridized carbons (Fsp3) is 0.312. The lowest BCUT2D eigenvalue weighted by atomic mass is 10.2. The van der Waals surface area contributed by atoms with Gasteiger partial charge in [0, 0.05) is 17.4 Å². The van der Waals surface area contributed by atoms with Crippen molar-refractivity contribution in [3.8, 4) is 10.6 Å². The highest BCUT2D eigenvalue weighted by molar-refractivity contribution is 7.13. The number of aromatic nitrogens is 1. The number of amides is 1. The van der Waals surface area contributed by atoms with Crippen LogP contribution >= 0.6 is 11.3 Å². The molecule has 0 aliphatic carbocycles. The third-order valence-electron chi connectivity index (χ3n) is 3.01. The van der Waals surface area contributed by atoms with Gasteiger partial charge in [-0.2, -0.15) is 0 Å². The average Bonchev–Trinajstić information content (AvgIpc) is 3.00. The van der Waals surface area contributed by atoms with Crippen molar-refractivity contribution >= 4 is 23.0 Å². The third-order valence-corrected chi connectivity index (χ3v) is 3.95. The molecule has 2 aromatic rings. The maximum absolute atomic E-state index is 11.6. The molecule has 1 aromatic carbocycles. The normalized spacial score (nSPS) is 10.3. The first kappa shape index (κ1) is 15.4. The predicted octanol–water partition coefficient (Wildman–Crippen LogP) is 3.19. The molecule has 0 bridgehead atoms. The molecule has 2 rings (SSSR count). The second-order valence-electron chi connectivity index (χ2n) is 4.72. The summed E-state index contributed by atoms with van der Waals surface area (Å²) in [6.07, 6.45) is 1.97. The molecule has 21 heavy (non-hydrogen) atoms. The van der Waals surface area contributed by atoms with Crippen LogP contribution in [-0.2, 0) is 16.1 Å². The molecule has 1 aromatic heterocycles. The lowest BCUT2D eigenvalue weighted by Crippen LogP contribution is -2.30. The van der Waals surface area contributed by atoms with Crippen LogP contribution in [-0.4, -0.2) is 16.7 Å². The Morgan fingerprint density at radius 1 is 1.24 bits per heavy atom. The summed E-state index contributed by atoms with van der Waals surface area (Å²) in [4.78, 5) is 27.6. The minimum atomic E-state index is -0.516. The maximum atomic E-state index is 11.6. The van der Waals surface area contributed by atoms with E-state index >= 15 is 0 Å². The number of thiazole rings is 1. The molecule has 0 atom stereocenters. The number of Topliss-reactive ketones (excluding diaryl/α,β-unsaturated/α-hetero) is 1. The number of ketones is 1. The first-order chi connectivity index (χ1) is 10.2. The Morgan fingerprint density at radius 3 is 2.71 bits per heavy atom. The number of carbonyl (C=O) groups is 2. The Kier molecular flexibility index (Phi) is 5.63. The molecule has 0 fully saturated rings. The number of nitrogens with one attached hydrogen (secondary N) is 1. The van der Waals surface area contributed by atoms with Crippen molar-refractivity contribution in [3.05, 3.63) is 41.4 Å². The van der Waals surface area contributed by atoms with Crippen molar-refractivity contribution < 1.29 is 9.59 Å². The van der Waals surface area contributed by atoms with Gasteiger partial charge in [0.15, 0.2) is 0 Å². The molecule has 4 nitrogen and oxygen atoms in total. The minimum absolute atomic E-state index is 0.292. The lowest BCUT2D eigenvalue weighted by molar-refractivity contribution is -0.138. The Labute approximate surface area is 128 Å². The van der Waals surface area contributed by atoms with E-state index in [4.69, 9.17) is 0 Å². The Hall–Kier alpha value is -2.01. The second kappa shape index (κ2) is 7.69. The third kappa shape index (κ3) is 4.49. The van der Waals surface area contributed by atoms with Crippen molar-refractivity contribution in [1.29, 1.82) is 0 Å². The van der Waals surface area contributed by atoms with E-state index < -0.39 is 5.91 Å². The molecule has 0 aliphatic heterocycles. The summed E-state index contributed by atoms with van der Waals surface area (Å²) in [5.41, 5.74) is 1.83. The van der Waals surface area contributed by atoms with Crippen molar-refractivity contribution in [1.82, 2.24) is 10.3 Å². The van der Waals surface area contributed by atoms with E-state index in [0.29, 0.717) is 13.0 Å². The molecular formula is C16H18N2O2S. The van der Waals surface area contributed by atoms with Gasteiger partial charge in [-0.3, -0.25) is 9.59 Å². The van der Waals surface area contributed by atoms with E-state index in [1.165, 1.54) is 11.3 Å². The largest absolute Gasteiger partial charge is 0.344 e. The number of rotatable bonds is 7. The summed E-state index contributed by atoms with van der Waals surface area (Å²) in [5.74, 6) is -0.868. The van der Waals surface area contributed by atoms with Gasteiger partial charge in [-0.15, -0.1) is 11.3 Å². The zero-order valence-electron chi connectivity index (χ0n) is 12.0. The van der Waals surface area contributed by atoms with E-state index in [0.717, 1.165) is 29.1 Å². The Balaban J connectivity index is 1.89. The molecule has 1 amide bonds. The molecule has 0 saturated carbocycles. The van der Waals surface area contributed by atoms with Gasteiger partial charge < -0.3 is 5.32 Å². The highest BCUT2D eigenvalue weighted by atomic mass is 32.1. The monoisotopic (exact) mass is 302 g/mol. The van der Waals surface area contributed by atoms with Crippen molar-refractivity contribution in [2.45, 2.75) is 32.7 Å². The highest BCUT2D eigenvalue weighted by Gasteiger charge is 2.13. The van der Waals surface area contributed by atoms with Gasteiger partial charge in [-0.25, -0.2) is 4.98 Å². The molecular weight excluding hydrogens is 284 g/mol. The minimum Gasteiger partial charge on any atom is -0.344 e. The number of carbonyl (C=O) groups excluding carboxylic acids is 2. The quantitative estimate of drug-likeness (QED) is 0.799. The summed E-state index contributed by atoms with van der Waals surface area (Å²) in [7, 11) is 0. The first-order valence-corrected chi connectivity index (χ1v) is 7.89. The topological polar surface area (TPSA) is 59.1 Å². The zero-order valence-corrected chi connectivity index (χ0v) is 12.8. The summed E-state index contributed by atoms with van der Waals surface area (Å²) >= 11 is 1.53. The zero-order chi connectivity index (χ0) is 15.1. The fourth-order valence-electron chi connectivity index (χ4n) is 1.82. The van der Waals surface area contributed by atoms with Crippen LogP contribution < -0.4 is 5.32 Å². The van der Waals surface area contributed by atoms with Gasteiger partial charge in [-0.1, -0.05) is 43.7 Å². The molecule has 0 radical (unpaired) electrons. The van der Waals surface area contributed by atoms with Crippen LogP contribution in [0, 0.1) is 0 Å². The smallest absolute Gasteiger partial charge is 0.287 e. The van der Waals surface area contributed by atoms with E-state index in [2.05, 4.69) is 10.3 Å². The van der Waals surface area contributed by atoms with Gasteiger partial charge in [0.2, 0.25) is 5.78 Å². The van der Waals surface area contributed by atoms with Gasteiger partial charge >= 0.3 is 0 Å². The Bertz CT molecular complexity index is 608. The van der Waals surface area contributed by atoms with Crippen LogP contribution in [0.15, 0.2) is 35.7 Å². The van der Waals surface area contributed by atoms with Crippen LogP contribution in [0.1, 0.15) is 31.9 Å². The van der Waals surface area contributed by atoms with Crippen LogP contribution in [0.25, 0.3) is 10.6 Å². The van der Waals surface area contributed by atoms with Gasteiger partial charge in [0.05, 0.1) is 12.2 Å². The molecule has 0 aliphatic rings. The van der Waals surface area contributed by atoms with Gasteiger partial charge in [-0.05, 0) is 6.42 Å². The molecule has 110 valence electrons. The maximum Gasteiger partial charge on any atom is 0.287 e. The molecule has 5 heteroatoms. The molecule has 0 saturated heterocycles. The number of unbranched alkanes of at least 4 members (excludes halogenated alkanes) is 1. The summed E-state index contributed by atoms with van der Waals surface area (Å²) in [5, 5.41) is 5.44. The van der Waals surface area contributed by atoms with Crippen LogP contribution in [0.5, 0.6) is 0 Å². The van der Waals surface area contributed by atoms with E-state index in [1.807, 2.05) is 42.6 Å². The molecule has 1 heterocycles. The van der Waals surface area contributed by atoms with Gasteiger partial charge in [0.1, 0.15) is 5.01 Å². The van der Waals surface area contributed by atoms with Crippen molar-refractivity contribution in [2.24, 2.45) is 0 Å². The SMILES string of the molecule is CCCCC(=O)C(=O)NCc1csc(-c2ccccc2)n1. The summed E-state index contributed by atoms with van der Waals surface area (Å²) < 4.78 is 0. The fourth-order valence-corrected chi connectivity index (χ4v) is 2.65. The standard InChI is InChI=1S/C16H18N2O2S/c1-2-3-9-14(19)15(20)17-10-13-11-21-16(18-13)12-7-5-4-6-8-12/h4-8,11H,2-3,9-10H2,1H3,(H,17,20). The lowest BCUT2D eigenvalue weighted by Gasteiger charge is -2.01. The van der Waals surface area contributed by atoms with E-state index in [-0.39, 0.29) is 5.78 Å². The Morgan fingerprint density at radius 2 is 2.00 bits per heavy atom. The average molecular weight is 302 g/mol. The number of hydrogen-bond acceptors (Lipinski definition) is 4. The van der Waals surface area contributed by atoms with Gasteiger partial charge in [0.25, 0.3) is 5.91 Å². The van der Waals surface area contributed by atoms with Crippen LogP contribution in [0.4, 0.5) is 0 Å². The molecule has 0 unspecified atom stereocenters. The van der Waals surface area contributed by atoms with Crippen molar-refractivity contribution in [2.75, 3.05) is 0 Å². The number of hydrogen-bond donors (Lipinski definition) is 1. The van der Waals surface area contributed by atoms with Crippen LogP contribution in [0.3, 0.4) is 0 Å². The second-order valence-corrected chi connectivity index (χ2v) is 5.58. The van der Waals surface area contributed by atoms with Crippen LogP contribution in [0.2, 0.25) is 0 Å². The number of benzene rings is 1. The van der Waals surface area contributed by atoms with E-state index in [1.54, 1.807) is 0 Å².